The van der Waals surface area contributed by atoms with E-state index in [0.29, 0.717) is 30.0 Å². The summed E-state index contributed by atoms with van der Waals surface area (Å²) in [4.78, 5) is 39.4. The predicted octanol–water partition coefficient (Wildman–Crippen LogP) is 3.64. The largest absolute Gasteiger partial charge is 0.492 e. The second-order valence-electron chi connectivity index (χ2n) is 6.87. The summed E-state index contributed by atoms with van der Waals surface area (Å²) in [6.07, 6.45) is -0.434. The van der Waals surface area contributed by atoms with Crippen molar-refractivity contribution in [2.75, 3.05) is 18.1 Å². The summed E-state index contributed by atoms with van der Waals surface area (Å²) in [5.74, 6) is -0.936. The highest BCUT2D eigenvalue weighted by Gasteiger charge is 2.38. The molecule has 1 aliphatic heterocycles. The number of nitrogens with zero attached hydrogens (tertiary/aromatic N) is 1. The molecular formula is C23H25NO5. The molecule has 0 unspecified atom stereocenters. The summed E-state index contributed by atoms with van der Waals surface area (Å²) in [5.41, 5.74) is 1.14. The van der Waals surface area contributed by atoms with Gasteiger partial charge in [0.1, 0.15) is 5.75 Å². The molecule has 1 amide bonds. The van der Waals surface area contributed by atoms with E-state index in [-0.39, 0.29) is 24.7 Å². The van der Waals surface area contributed by atoms with Crippen LogP contribution in [0.3, 0.4) is 0 Å². The molecule has 0 aromatic heterocycles. The number of carbonyl (C=O) groups excluding carboxylic acids is 3. The Morgan fingerprint density at radius 1 is 1.07 bits per heavy atom. The molecule has 3 rings (SSSR count). The standard InChI is InChI=1S/C23H25NO5/c1-3-19(22(26)16-10-6-5-7-11-16)29-23(27)17-14-21(25)24(15-17)18-12-8-9-13-20(18)28-4-2/h5-13,17,19H,3-4,14-15H2,1-2H3/t17-,19+/m0/s1. The molecule has 1 saturated heterocycles. The highest BCUT2D eigenvalue weighted by Crippen LogP contribution is 2.33. The van der Waals surface area contributed by atoms with Gasteiger partial charge in [0.15, 0.2) is 6.10 Å². The molecule has 0 spiro atoms. The predicted molar refractivity (Wildman–Crippen MR) is 109 cm³/mol. The Balaban J connectivity index is 1.69. The van der Waals surface area contributed by atoms with Crippen molar-refractivity contribution in [1.82, 2.24) is 0 Å². The second kappa shape index (κ2) is 9.37. The molecule has 2 aromatic rings. The maximum atomic E-state index is 12.7. The van der Waals surface area contributed by atoms with Crippen LogP contribution in [0.2, 0.25) is 0 Å². The first-order chi connectivity index (χ1) is 14.0. The molecule has 0 bridgehead atoms. The quantitative estimate of drug-likeness (QED) is 0.504. The number of Topliss-reactive ketones (excluding diaryl/α,β-unsaturated/α-hetero) is 1. The fourth-order valence-electron chi connectivity index (χ4n) is 3.40. The average molecular weight is 395 g/mol. The van der Waals surface area contributed by atoms with E-state index < -0.39 is 18.0 Å². The second-order valence-corrected chi connectivity index (χ2v) is 6.87. The third kappa shape index (κ3) is 4.65. The van der Waals surface area contributed by atoms with Crippen LogP contribution in [0.5, 0.6) is 5.75 Å². The van der Waals surface area contributed by atoms with Gasteiger partial charge in [-0.1, -0.05) is 49.4 Å². The molecule has 1 aliphatic rings. The van der Waals surface area contributed by atoms with E-state index in [0.717, 1.165) is 0 Å². The number of amides is 1. The van der Waals surface area contributed by atoms with Crippen LogP contribution in [0.15, 0.2) is 54.6 Å². The lowest BCUT2D eigenvalue weighted by Gasteiger charge is -2.20. The SMILES string of the molecule is CCOc1ccccc1N1C[C@@H](C(=O)O[C@H](CC)C(=O)c2ccccc2)CC1=O. The molecule has 2 aromatic carbocycles. The first-order valence-electron chi connectivity index (χ1n) is 9.87. The molecule has 0 saturated carbocycles. The zero-order chi connectivity index (χ0) is 20.8. The van der Waals surface area contributed by atoms with Gasteiger partial charge in [-0.25, -0.2) is 0 Å². The molecular weight excluding hydrogens is 370 g/mol. The van der Waals surface area contributed by atoms with Crippen LogP contribution >= 0.6 is 0 Å². The Morgan fingerprint density at radius 2 is 1.76 bits per heavy atom. The van der Waals surface area contributed by atoms with Gasteiger partial charge >= 0.3 is 5.97 Å². The number of ketones is 1. The lowest BCUT2D eigenvalue weighted by atomic mass is 10.0. The number of hydrogen-bond donors (Lipinski definition) is 0. The maximum absolute atomic E-state index is 12.7. The Hall–Kier alpha value is -3.15. The molecule has 0 radical (unpaired) electrons. The van der Waals surface area contributed by atoms with Gasteiger partial charge < -0.3 is 14.4 Å². The van der Waals surface area contributed by atoms with E-state index >= 15 is 0 Å². The molecule has 2 atom stereocenters. The zero-order valence-corrected chi connectivity index (χ0v) is 16.7. The van der Waals surface area contributed by atoms with E-state index in [1.54, 1.807) is 48.2 Å². The van der Waals surface area contributed by atoms with Gasteiger partial charge in [0, 0.05) is 18.5 Å². The molecule has 6 heteroatoms. The van der Waals surface area contributed by atoms with Crippen LogP contribution in [0.4, 0.5) is 5.69 Å². The molecule has 0 aliphatic carbocycles. The van der Waals surface area contributed by atoms with Gasteiger partial charge in [0.25, 0.3) is 0 Å². The van der Waals surface area contributed by atoms with Crippen molar-refractivity contribution < 1.29 is 23.9 Å². The first kappa shape index (κ1) is 20.6. The van der Waals surface area contributed by atoms with E-state index in [9.17, 15) is 14.4 Å². The third-order valence-electron chi connectivity index (χ3n) is 4.89. The van der Waals surface area contributed by atoms with Crippen LogP contribution in [-0.2, 0) is 14.3 Å². The number of carbonyl (C=O) groups is 3. The van der Waals surface area contributed by atoms with Crippen molar-refractivity contribution in [3.8, 4) is 5.75 Å². The maximum Gasteiger partial charge on any atom is 0.312 e. The van der Waals surface area contributed by atoms with Gasteiger partial charge in [-0.2, -0.15) is 0 Å². The van der Waals surface area contributed by atoms with E-state index in [1.807, 2.05) is 25.1 Å². The third-order valence-corrected chi connectivity index (χ3v) is 4.89. The average Bonchev–Trinajstić information content (AvgIpc) is 3.14. The normalized spacial score (nSPS) is 17.1. The summed E-state index contributed by atoms with van der Waals surface area (Å²) in [6.45, 7) is 4.35. The fourth-order valence-corrected chi connectivity index (χ4v) is 3.40. The number of ether oxygens (including phenoxy) is 2. The van der Waals surface area contributed by atoms with Gasteiger partial charge in [0.2, 0.25) is 11.7 Å². The van der Waals surface area contributed by atoms with Gasteiger partial charge in [-0.15, -0.1) is 0 Å². The molecule has 1 fully saturated rings. The number of rotatable bonds is 8. The van der Waals surface area contributed by atoms with E-state index in [1.165, 1.54) is 0 Å². The topological polar surface area (TPSA) is 72.9 Å². The summed E-state index contributed by atoms with van der Waals surface area (Å²) in [7, 11) is 0. The smallest absolute Gasteiger partial charge is 0.312 e. The van der Waals surface area contributed by atoms with Crippen molar-refractivity contribution >= 4 is 23.3 Å². The number of para-hydroxylation sites is 2. The van der Waals surface area contributed by atoms with Gasteiger partial charge in [0.05, 0.1) is 18.2 Å². The Bertz CT molecular complexity index is 880. The lowest BCUT2D eigenvalue weighted by Crippen LogP contribution is -2.31. The lowest BCUT2D eigenvalue weighted by molar-refractivity contribution is -0.151. The van der Waals surface area contributed by atoms with Crippen LogP contribution in [0.25, 0.3) is 0 Å². The molecule has 1 heterocycles. The van der Waals surface area contributed by atoms with E-state index in [2.05, 4.69) is 0 Å². The van der Waals surface area contributed by atoms with E-state index in [4.69, 9.17) is 9.47 Å². The summed E-state index contributed by atoms with van der Waals surface area (Å²) < 4.78 is 11.1. The molecule has 29 heavy (non-hydrogen) atoms. The van der Waals surface area contributed by atoms with Crippen molar-refractivity contribution in [2.24, 2.45) is 5.92 Å². The first-order valence-corrected chi connectivity index (χ1v) is 9.87. The van der Waals surface area contributed by atoms with Crippen molar-refractivity contribution in [1.29, 1.82) is 0 Å². The summed E-state index contributed by atoms with van der Waals surface area (Å²) >= 11 is 0. The number of benzene rings is 2. The summed E-state index contributed by atoms with van der Waals surface area (Å²) in [5, 5.41) is 0. The Kier molecular flexibility index (Phi) is 6.65. The summed E-state index contributed by atoms with van der Waals surface area (Å²) in [6, 6.07) is 16.0. The minimum absolute atomic E-state index is 0.0508. The van der Waals surface area contributed by atoms with Crippen molar-refractivity contribution in [2.45, 2.75) is 32.8 Å². The minimum atomic E-state index is -0.857. The van der Waals surface area contributed by atoms with Crippen LogP contribution in [0.1, 0.15) is 37.0 Å². The fraction of sp³-hybridized carbons (Fsp3) is 0.348. The monoisotopic (exact) mass is 395 g/mol. The Morgan fingerprint density at radius 3 is 2.45 bits per heavy atom. The molecule has 6 nitrogen and oxygen atoms in total. The van der Waals surface area contributed by atoms with Crippen LogP contribution in [0, 0.1) is 5.92 Å². The zero-order valence-electron chi connectivity index (χ0n) is 16.7. The van der Waals surface area contributed by atoms with Gasteiger partial charge in [-0.05, 0) is 25.5 Å². The minimum Gasteiger partial charge on any atom is -0.492 e. The van der Waals surface area contributed by atoms with Crippen molar-refractivity contribution in [3.05, 3.63) is 60.2 Å². The number of anilines is 1. The highest BCUT2D eigenvalue weighted by molar-refractivity contribution is 6.02. The highest BCUT2D eigenvalue weighted by atomic mass is 16.5. The number of esters is 1. The Labute approximate surface area is 170 Å². The number of hydrogen-bond acceptors (Lipinski definition) is 5. The van der Waals surface area contributed by atoms with Crippen LogP contribution in [-0.4, -0.2) is 36.9 Å². The van der Waals surface area contributed by atoms with Gasteiger partial charge in [-0.3, -0.25) is 14.4 Å². The molecule has 0 N–H and O–H groups in total. The van der Waals surface area contributed by atoms with Crippen LogP contribution < -0.4 is 9.64 Å². The van der Waals surface area contributed by atoms with Crippen molar-refractivity contribution in [3.63, 3.8) is 0 Å². The molecule has 152 valence electrons.